The maximum absolute atomic E-state index is 10.5. The molecule has 0 spiro atoms. The van der Waals surface area contributed by atoms with Gasteiger partial charge in [-0.05, 0) is 47.3 Å². The normalized spacial score (nSPS) is 12.7. The van der Waals surface area contributed by atoms with Gasteiger partial charge in [0.15, 0.2) is 0 Å². The topological polar surface area (TPSA) is 38.0 Å². The second kappa shape index (κ2) is 6.55. The molecule has 0 radical (unpaired) electrons. The predicted molar refractivity (Wildman–Crippen MR) is 84.8 cm³/mol. The number of aliphatic hydroxyl groups excluding tert-OH is 1. The molecule has 0 fully saturated rings. The lowest BCUT2D eigenvalue weighted by Crippen LogP contribution is -2.09. The smallest absolute Gasteiger partial charge is 0.0848 e. The molecular formula is C16H21BrN2O. The number of aromatic nitrogens is 2. The van der Waals surface area contributed by atoms with Crippen molar-refractivity contribution in [2.24, 2.45) is 0 Å². The molecule has 0 saturated heterocycles. The molecule has 108 valence electrons. The summed E-state index contributed by atoms with van der Waals surface area (Å²) in [5.74, 6) is 0. The zero-order chi connectivity index (χ0) is 14.7. The van der Waals surface area contributed by atoms with Crippen molar-refractivity contribution < 1.29 is 5.11 Å². The van der Waals surface area contributed by atoms with E-state index in [-0.39, 0.29) is 0 Å². The summed E-state index contributed by atoms with van der Waals surface area (Å²) in [6.07, 6.45) is 0.965. The predicted octanol–water partition coefficient (Wildman–Crippen LogP) is 3.81. The van der Waals surface area contributed by atoms with Crippen LogP contribution < -0.4 is 0 Å². The zero-order valence-corrected chi connectivity index (χ0v) is 13.8. The van der Waals surface area contributed by atoms with Gasteiger partial charge >= 0.3 is 0 Å². The fraction of sp³-hybridized carbons (Fsp3) is 0.438. The van der Waals surface area contributed by atoms with E-state index in [2.05, 4.69) is 34.9 Å². The van der Waals surface area contributed by atoms with Crippen LogP contribution in [0.1, 0.15) is 42.5 Å². The average molecular weight is 337 g/mol. The average Bonchev–Trinajstić information content (AvgIpc) is 2.75. The van der Waals surface area contributed by atoms with Crippen LogP contribution in [0.2, 0.25) is 0 Å². The summed E-state index contributed by atoms with van der Waals surface area (Å²) >= 11 is 3.63. The van der Waals surface area contributed by atoms with E-state index < -0.39 is 6.10 Å². The third-order valence-corrected chi connectivity index (χ3v) is 4.54. The van der Waals surface area contributed by atoms with Crippen LogP contribution in [0.5, 0.6) is 0 Å². The van der Waals surface area contributed by atoms with Gasteiger partial charge in [0, 0.05) is 13.0 Å². The van der Waals surface area contributed by atoms with Crippen molar-refractivity contribution in [1.82, 2.24) is 9.78 Å². The Labute approximate surface area is 128 Å². The molecule has 3 nitrogen and oxygen atoms in total. The molecule has 1 atom stereocenters. The summed E-state index contributed by atoms with van der Waals surface area (Å²) in [5.41, 5.74) is 4.23. The minimum absolute atomic E-state index is 0.501. The highest BCUT2D eigenvalue weighted by Crippen LogP contribution is 2.28. The van der Waals surface area contributed by atoms with Gasteiger partial charge in [0.05, 0.1) is 22.0 Å². The summed E-state index contributed by atoms with van der Waals surface area (Å²) in [5, 5.41) is 15.1. The first-order chi connectivity index (χ1) is 9.58. The van der Waals surface area contributed by atoms with Crippen LogP contribution in [0.3, 0.4) is 0 Å². The van der Waals surface area contributed by atoms with Gasteiger partial charge in [-0.2, -0.15) is 5.10 Å². The van der Waals surface area contributed by atoms with E-state index in [4.69, 9.17) is 0 Å². The molecule has 1 unspecified atom stereocenters. The summed E-state index contributed by atoms with van der Waals surface area (Å²) in [6, 6.07) is 7.98. The van der Waals surface area contributed by atoms with Crippen molar-refractivity contribution in [3.05, 3.63) is 51.3 Å². The first-order valence-corrected chi connectivity index (χ1v) is 7.85. The number of halogens is 1. The van der Waals surface area contributed by atoms with E-state index in [0.29, 0.717) is 6.42 Å². The Morgan fingerprint density at radius 1 is 1.30 bits per heavy atom. The van der Waals surface area contributed by atoms with Crippen molar-refractivity contribution in [2.75, 3.05) is 0 Å². The monoisotopic (exact) mass is 336 g/mol. The van der Waals surface area contributed by atoms with Crippen molar-refractivity contribution in [3.8, 4) is 0 Å². The molecule has 0 aliphatic rings. The lowest BCUT2D eigenvalue weighted by molar-refractivity contribution is 0.174. The number of nitrogens with zero attached hydrogens (tertiary/aromatic N) is 2. The Morgan fingerprint density at radius 3 is 2.60 bits per heavy atom. The van der Waals surface area contributed by atoms with Crippen molar-refractivity contribution in [1.29, 1.82) is 0 Å². The van der Waals surface area contributed by atoms with Crippen molar-refractivity contribution in [3.63, 3.8) is 0 Å². The fourth-order valence-electron chi connectivity index (χ4n) is 2.47. The van der Waals surface area contributed by atoms with Gasteiger partial charge < -0.3 is 5.11 Å². The van der Waals surface area contributed by atoms with Crippen LogP contribution in [0.15, 0.2) is 28.7 Å². The second-order valence-electron chi connectivity index (χ2n) is 4.95. The van der Waals surface area contributed by atoms with Gasteiger partial charge in [0.1, 0.15) is 0 Å². The van der Waals surface area contributed by atoms with Crippen LogP contribution >= 0.6 is 15.9 Å². The Morgan fingerprint density at radius 2 is 2.00 bits per heavy atom. The third-order valence-electron chi connectivity index (χ3n) is 3.63. The lowest BCUT2D eigenvalue weighted by Gasteiger charge is -2.14. The highest BCUT2D eigenvalue weighted by atomic mass is 79.9. The van der Waals surface area contributed by atoms with E-state index in [0.717, 1.165) is 40.0 Å². The molecule has 0 aliphatic carbocycles. The van der Waals surface area contributed by atoms with Crippen LogP contribution in [0.25, 0.3) is 0 Å². The van der Waals surface area contributed by atoms with E-state index in [1.165, 1.54) is 0 Å². The summed E-state index contributed by atoms with van der Waals surface area (Å²) in [6.45, 7) is 7.01. The van der Waals surface area contributed by atoms with E-state index >= 15 is 0 Å². The summed E-state index contributed by atoms with van der Waals surface area (Å²) in [7, 11) is 0. The number of benzene rings is 1. The molecule has 4 heteroatoms. The maximum Gasteiger partial charge on any atom is 0.0848 e. The van der Waals surface area contributed by atoms with Gasteiger partial charge in [0.2, 0.25) is 0 Å². The Balaban J connectivity index is 2.30. The van der Waals surface area contributed by atoms with E-state index in [1.54, 1.807) is 0 Å². The van der Waals surface area contributed by atoms with Gasteiger partial charge in [0.25, 0.3) is 0 Å². The lowest BCUT2D eigenvalue weighted by atomic mass is 10.00. The zero-order valence-electron chi connectivity index (χ0n) is 12.2. The molecule has 1 aromatic carbocycles. The van der Waals surface area contributed by atoms with E-state index in [1.807, 2.05) is 35.9 Å². The van der Waals surface area contributed by atoms with Crippen molar-refractivity contribution in [2.45, 2.75) is 46.3 Å². The standard InChI is InChI=1S/C16H21BrN2O/c1-4-13-16(17)14(19(5-2)18-13)10-15(20)12-9-7-6-8-11(12)3/h6-9,15,20H,4-5,10H2,1-3H3. The van der Waals surface area contributed by atoms with Crippen LogP contribution in [0, 0.1) is 6.92 Å². The molecule has 0 bridgehead atoms. The Bertz CT molecular complexity index is 592. The Hall–Kier alpha value is -1.13. The number of hydrogen-bond acceptors (Lipinski definition) is 2. The van der Waals surface area contributed by atoms with Gasteiger partial charge in [-0.15, -0.1) is 0 Å². The molecule has 0 amide bonds. The van der Waals surface area contributed by atoms with Gasteiger partial charge in [-0.25, -0.2) is 0 Å². The van der Waals surface area contributed by atoms with Crippen LogP contribution in [-0.2, 0) is 19.4 Å². The van der Waals surface area contributed by atoms with Crippen LogP contribution in [0.4, 0.5) is 0 Å². The first-order valence-electron chi connectivity index (χ1n) is 7.06. The fourth-order valence-corrected chi connectivity index (χ4v) is 3.19. The summed E-state index contributed by atoms with van der Waals surface area (Å²) < 4.78 is 3.01. The van der Waals surface area contributed by atoms with Crippen LogP contribution in [-0.4, -0.2) is 14.9 Å². The first kappa shape index (κ1) is 15.3. The molecule has 1 N–H and O–H groups in total. The largest absolute Gasteiger partial charge is 0.388 e. The third kappa shape index (κ3) is 2.96. The SMILES string of the molecule is CCc1nn(CC)c(CC(O)c2ccccc2C)c1Br. The minimum atomic E-state index is -0.501. The Kier molecular flexibility index (Phi) is 5.00. The maximum atomic E-state index is 10.5. The molecular weight excluding hydrogens is 316 g/mol. The molecule has 20 heavy (non-hydrogen) atoms. The number of rotatable bonds is 5. The molecule has 2 rings (SSSR count). The quantitative estimate of drug-likeness (QED) is 0.901. The number of hydrogen-bond donors (Lipinski definition) is 1. The number of aliphatic hydroxyl groups is 1. The number of aryl methyl sites for hydroxylation is 3. The molecule has 1 aromatic heterocycles. The summed E-state index contributed by atoms with van der Waals surface area (Å²) in [4.78, 5) is 0. The highest BCUT2D eigenvalue weighted by Gasteiger charge is 2.19. The van der Waals surface area contributed by atoms with E-state index in [9.17, 15) is 5.11 Å². The highest BCUT2D eigenvalue weighted by molar-refractivity contribution is 9.10. The van der Waals surface area contributed by atoms with Gasteiger partial charge in [-0.3, -0.25) is 4.68 Å². The molecule has 2 aromatic rings. The minimum Gasteiger partial charge on any atom is -0.388 e. The molecule has 0 aliphatic heterocycles. The molecule has 0 saturated carbocycles. The van der Waals surface area contributed by atoms with Crippen molar-refractivity contribution >= 4 is 15.9 Å². The van der Waals surface area contributed by atoms with Gasteiger partial charge in [-0.1, -0.05) is 31.2 Å². The molecule has 1 heterocycles. The second-order valence-corrected chi connectivity index (χ2v) is 5.75.